The summed E-state index contributed by atoms with van der Waals surface area (Å²) in [5, 5.41) is 12.6. The number of carboxylic acids is 1. The largest absolute Gasteiger partial charge is 0.480 e. The smallest absolute Gasteiger partial charge is 0.325 e. The molecule has 2 N–H and O–H groups in total. The van der Waals surface area contributed by atoms with Crippen LogP contribution in [0.3, 0.4) is 0 Å². The Morgan fingerprint density at radius 2 is 1.65 bits per heavy atom. The van der Waals surface area contributed by atoms with Gasteiger partial charge in [-0.3, -0.25) is 10.1 Å². The normalized spacial score (nSPS) is 19.1. The van der Waals surface area contributed by atoms with Crippen LogP contribution < -0.4 is 5.32 Å². The molecule has 1 saturated carbocycles. The van der Waals surface area contributed by atoms with Crippen molar-refractivity contribution in [3.63, 3.8) is 0 Å². The molecule has 0 aliphatic heterocycles. The minimum Gasteiger partial charge on any atom is -0.480 e. The molecule has 4 heteroatoms. The first-order valence-corrected chi connectivity index (χ1v) is 7.41. The topological polar surface area (TPSA) is 49.3 Å². The molecule has 1 aromatic carbocycles. The first-order chi connectivity index (χ1) is 9.66. The predicted molar refractivity (Wildman–Crippen MR) is 76.0 cm³/mol. The summed E-state index contributed by atoms with van der Waals surface area (Å²) in [6.45, 7) is 0. The third-order valence-electron chi connectivity index (χ3n) is 3.96. The Hall–Kier alpha value is -1.42. The van der Waals surface area contributed by atoms with Gasteiger partial charge in [0.2, 0.25) is 0 Å². The highest BCUT2D eigenvalue weighted by Crippen LogP contribution is 2.21. The molecule has 1 atom stereocenters. The molecule has 0 heterocycles. The minimum atomic E-state index is -0.904. The summed E-state index contributed by atoms with van der Waals surface area (Å²) in [6, 6.07) is 5.20. The summed E-state index contributed by atoms with van der Waals surface area (Å²) < 4.78 is 12.9. The zero-order valence-electron chi connectivity index (χ0n) is 11.6. The van der Waals surface area contributed by atoms with E-state index in [9.17, 15) is 14.3 Å². The lowest BCUT2D eigenvalue weighted by Gasteiger charge is -2.25. The van der Waals surface area contributed by atoms with E-state index < -0.39 is 12.0 Å². The van der Waals surface area contributed by atoms with Gasteiger partial charge in [-0.05, 0) is 30.5 Å². The highest BCUT2D eigenvalue weighted by Gasteiger charge is 2.23. The predicted octanol–water partition coefficient (Wildman–Crippen LogP) is 3.65. The number of hydrogen-bond acceptors (Lipinski definition) is 2. The first-order valence-electron chi connectivity index (χ1n) is 7.41. The van der Waals surface area contributed by atoms with Crippen LogP contribution in [0, 0.1) is 5.82 Å². The van der Waals surface area contributed by atoms with Gasteiger partial charge in [-0.15, -0.1) is 0 Å². The molecule has 0 radical (unpaired) electrons. The number of carboxylic acid groups (broad SMARTS) is 1. The SMILES string of the molecule is O=C(O)C(NC1CCCCCCC1)c1ccc(F)cc1. The molecule has 110 valence electrons. The highest BCUT2D eigenvalue weighted by atomic mass is 19.1. The summed E-state index contributed by atoms with van der Waals surface area (Å²) in [5.74, 6) is -1.25. The van der Waals surface area contributed by atoms with E-state index >= 15 is 0 Å². The second kappa shape index (κ2) is 7.39. The van der Waals surface area contributed by atoms with Crippen LogP contribution >= 0.6 is 0 Å². The van der Waals surface area contributed by atoms with E-state index in [1.54, 1.807) is 12.1 Å². The second-order valence-electron chi connectivity index (χ2n) is 5.53. The third kappa shape index (κ3) is 4.30. The average molecular weight is 279 g/mol. The Bertz CT molecular complexity index is 425. The number of aliphatic carboxylic acids is 1. The highest BCUT2D eigenvalue weighted by molar-refractivity contribution is 5.75. The Morgan fingerprint density at radius 1 is 1.10 bits per heavy atom. The van der Waals surface area contributed by atoms with Crippen LogP contribution in [0.5, 0.6) is 0 Å². The van der Waals surface area contributed by atoms with Crippen LogP contribution in [0.15, 0.2) is 24.3 Å². The van der Waals surface area contributed by atoms with Gasteiger partial charge in [0.1, 0.15) is 11.9 Å². The van der Waals surface area contributed by atoms with Gasteiger partial charge in [-0.2, -0.15) is 0 Å². The van der Waals surface area contributed by atoms with E-state index in [4.69, 9.17) is 0 Å². The summed E-state index contributed by atoms with van der Waals surface area (Å²) in [6.07, 6.45) is 8.07. The van der Waals surface area contributed by atoms with Crippen LogP contribution in [0.4, 0.5) is 4.39 Å². The number of rotatable bonds is 4. The number of hydrogen-bond donors (Lipinski definition) is 2. The molecule has 0 saturated heterocycles. The van der Waals surface area contributed by atoms with Crippen molar-refractivity contribution >= 4 is 5.97 Å². The van der Waals surface area contributed by atoms with Crippen molar-refractivity contribution in [3.8, 4) is 0 Å². The van der Waals surface area contributed by atoms with E-state index in [0.717, 1.165) is 25.7 Å². The lowest BCUT2D eigenvalue weighted by Crippen LogP contribution is -2.37. The lowest BCUT2D eigenvalue weighted by atomic mass is 9.95. The van der Waals surface area contributed by atoms with Gasteiger partial charge in [0.25, 0.3) is 0 Å². The van der Waals surface area contributed by atoms with Crippen molar-refractivity contribution < 1.29 is 14.3 Å². The first kappa shape index (κ1) is 15.0. The molecule has 20 heavy (non-hydrogen) atoms. The molecule has 0 amide bonds. The molecular formula is C16H22FNO2. The van der Waals surface area contributed by atoms with E-state index in [0.29, 0.717) is 5.56 Å². The molecule has 1 aliphatic rings. The van der Waals surface area contributed by atoms with Crippen molar-refractivity contribution in [1.82, 2.24) is 5.32 Å². The lowest BCUT2D eigenvalue weighted by molar-refractivity contribution is -0.140. The van der Waals surface area contributed by atoms with Gasteiger partial charge >= 0.3 is 5.97 Å². The third-order valence-corrected chi connectivity index (χ3v) is 3.96. The van der Waals surface area contributed by atoms with Gasteiger partial charge in [0, 0.05) is 6.04 Å². The van der Waals surface area contributed by atoms with Gasteiger partial charge in [0.15, 0.2) is 0 Å². The van der Waals surface area contributed by atoms with Crippen molar-refractivity contribution in [3.05, 3.63) is 35.6 Å². The van der Waals surface area contributed by atoms with Crippen molar-refractivity contribution in [1.29, 1.82) is 0 Å². The van der Waals surface area contributed by atoms with Gasteiger partial charge in [-0.1, -0.05) is 44.2 Å². The molecule has 1 fully saturated rings. The van der Waals surface area contributed by atoms with Gasteiger partial charge in [0.05, 0.1) is 0 Å². The van der Waals surface area contributed by atoms with Crippen molar-refractivity contribution in [2.45, 2.75) is 57.0 Å². The summed E-state index contributed by atoms with van der Waals surface area (Å²) in [4.78, 5) is 11.5. The average Bonchev–Trinajstić information content (AvgIpc) is 2.38. The second-order valence-corrected chi connectivity index (χ2v) is 5.53. The maximum atomic E-state index is 12.9. The van der Waals surface area contributed by atoms with Crippen molar-refractivity contribution in [2.24, 2.45) is 0 Å². The molecule has 0 aromatic heterocycles. The van der Waals surface area contributed by atoms with E-state index in [1.165, 1.54) is 31.4 Å². The summed E-state index contributed by atoms with van der Waals surface area (Å²) in [5.41, 5.74) is 0.612. The maximum absolute atomic E-state index is 12.9. The number of halogens is 1. The van der Waals surface area contributed by atoms with Crippen LogP contribution in [0.1, 0.15) is 56.6 Å². The fraction of sp³-hybridized carbons (Fsp3) is 0.562. The molecular weight excluding hydrogens is 257 g/mol. The quantitative estimate of drug-likeness (QED) is 0.884. The molecule has 1 aromatic rings. The van der Waals surface area contributed by atoms with Crippen LogP contribution in [0.2, 0.25) is 0 Å². The number of benzene rings is 1. The maximum Gasteiger partial charge on any atom is 0.325 e. The molecule has 0 spiro atoms. The van der Waals surface area contributed by atoms with Crippen LogP contribution in [0.25, 0.3) is 0 Å². The van der Waals surface area contributed by atoms with Crippen LogP contribution in [-0.4, -0.2) is 17.1 Å². The van der Waals surface area contributed by atoms with E-state index in [1.807, 2.05) is 0 Å². The van der Waals surface area contributed by atoms with Crippen LogP contribution in [-0.2, 0) is 4.79 Å². The van der Waals surface area contributed by atoms with E-state index in [2.05, 4.69) is 5.32 Å². The molecule has 0 bridgehead atoms. The fourth-order valence-corrected chi connectivity index (χ4v) is 2.82. The molecule has 1 unspecified atom stereocenters. The van der Waals surface area contributed by atoms with Crippen molar-refractivity contribution in [2.75, 3.05) is 0 Å². The van der Waals surface area contributed by atoms with E-state index in [-0.39, 0.29) is 11.9 Å². The Balaban J connectivity index is 2.04. The number of carbonyl (C=O) groups is 1. The summed E-state index contributed by atoms with van der Waals surface area (Å²) in [7, 11) is 0. The van der Waals surface area contributed by atoms with Gasteiger partial charge < -0.3 is 5.11 Å². The number of nitrogens with one attached hydrogen (secondary N) is 1. The van der Waals surface area contributed by atoms with Gasteiger partial charge in [-0.25, -0.2) is 4.39 Å². The molecule has 2 rings (SSSR count). The molecule has 3 nitrogen and oxygen atoms in total. The monoisotopic (exact) mass is 279 g/mol. The molecule has 1 aliphatic carbocycles. The Labute approximate surface area is 119 Å². The Morgan fingerprint density at radius 3 is 2.20 bits per heavy atom. The standard InChI is InChI=1S/C16H22FNO2/c17-13-10-8-12(9-11-13)15(16(19)20)18-14-6-4-2-1-3-5-7-14/h8-11,14-15,18H,1-7H2,(H,19,20). The minimum absolute atomic E-state index is 0.237. The zero-order chi connectivity index (χ0) is 14.4. The zero-order valence-corrected chi connectivity index (χ0v) is 11.6. The fourth-order valence-electron chi connectivity index (χ4n) is 2.82. The Kier molecular flexibility index (Phi) is 5.53. The summed E-state index contributed by atoms with van der Waals surface area (Å²) >= 11 is 0.